The fourth-order valence-electron chi connectivity index (χ4n) is 1.17. The summed E-state index contributed by atoms with van der Waals surface area (Å²) in [7, 11) is 0. The lowest BCUT2D eigenvalue weighted by Crippen LogP contribution is -1.95. The molecule has 0 radical (unpaired) electrons. The highest BCUT2D eigenvalue weighted by Gasteiger charge is 2.16. The lowest BCUT2D eigenvalue weighted by Gasteiger charge is -1.93. The van der Waals surface area contributed by atoms with Crippen molar-refractivity contribution in [2.45, 2.75) is 0 Å². The first-order chi connectivity index (χ1) is 6.59. The van der Waals surface area contributed by atoms with Crippen LogP contribution in [0.25, 0.3) is 5.52 Å². The van der Waals surface area contributed by atoms with Gasteiger partial charge in [-0.1, -0.05) is 0 Å². The Morgan fingerprint density at radius 3 is 2.93 bits per heavy atom. The van der Waals surface area contributed by atoms with E-state index in [0.717, 1.165) is 0 Å². The van der Waals surface area contributed by atoms with E-state index in [1.807, 2.05) is 0 Å². The monoisotopic (exact) mass is 258 g/mol. The van der Waals surface area contributed by atoms with E-state index in [4.69, 9.17) is 5.11 Å². The van der Waals surface area contributed by atoms with Gasteiger partial charge in [-0.3, -0.25) is 0 Å². The summed E-state index contributed by atoms with van der Waals surface area (Å²) in [6.07, 6.45) is 3.97. The van der Waals surface area contributed by atoms with E-state index in [9.17, 15) is 9.18 Å². The van der Waals surface area contributed by atoms with Gasteiger partial charge >= 0.3 is 5.97 Å². The Morgan fingerprint density at radius 2 is 2.29 bits per heavy atom. The summed E-state index contributed by atoms with van der Waals surface area (Å²) < 4.78 is 15.2. The first-order valence-electron chi connectivity index (χ1n) is 3.64. The van der Waals surface area contributed by atoms with Crippen LogP contribution in [0.4, 0.5) is 4.39 Å². The molecule has 0 atom stereocenters. The lowest BCUT2D eigenvalue weighted by atomic mass is 10.3. The van der Waals surface area contributed by atoms with Crippen molar-refractivity contribution >= 4 is 27.4 Å². The van der Waals surface area contributed by atoms with E-state index in [1.165, 1.54) is 23.0 Å². The van der Waals surface area contributed by atoms with Gasteiger partial charge in [-0.2, -0.15) is 0 Å². The normalized spacial score (nSPS) is 10.7. The van der Waals surface area contributed by atoms with E-state index in [-0.39, 0.29) is 11.1 Å². The summed E-state index contributed by atoms with van der Waals surface area (Å²) in [6, 6.07) is 0. The summed E-state index contributed by atoms with van der Waals surface area (Å²) >= 11 is 3.10. The summed E-state index contributed by atoms with van der Waals surface area (Å²) in [6.45, 7) is 0. The molecule has 1 N–H and O–H groups in total. The number of aromatic carboxylic acids is 1. The molecular weight excluding hydrogens is 255 g/mol. The number of nitrogens with zero attached hydrogens (tertiary/aromatic N) is 2. The molecule has 0 amide bonds. The molecule has 4 nitrogen and oxygen atoms in total. The number of carboxylic acid groups (broad SMARTS) is 1. The van der Waals surface area contributed by atoms with Gasteiger partial charge in [0.25, 0.3) is 0 Å². The van der Waals surface area contributed by atoms with Crippen LogP contribution >= 0.6 is 15.9 Å². The number of aromatic nitrogens is 2. The average molecular weight is 259 g/mol. The van der Waals surface area contributed by atoms with Crippen LogP contribution < -0.4 is 0 Å². The summed E-state index contributed by atoms with van der Waals surface area (Å²) in [5, 5.41) is 8.65. The fourth-order valence-corrected chi connectivity index (χ4v) is 1.49. The summed E-state index contributed by atoms with van der Waals surface area (Å²) in [5.74, 6) is -2.06. The quantitative estimate of drug-likeness (QED) is 0.851. The van der Waals surface area contributed by atoms with Crippen molar-refractivity contribution in [3.63, 3.8) is 0 Å². The summed E-state index contributed by atoms with van der Waals surface area (Å²) in [4.78, 5) is 14.4. The molecule has 2 rings (SSSR count). The van der Waals surface area contributed by atoms with Gasteiger partial charge in [-0.25, -0.2) is 14.2 Å². The molecule has 0 spiro atoms. The smallest absolute Gasteiger partial charge is 0.340 e. The number of rotatable bonds is 1. The van der Waals surface area contributed by atoms with Gasteiger partial charge in [0, 0.05) is 12.4 Å². The van der Waals surface area contributed by atoms with Crippen LogP contribution in [0.2, 0.25) is 0 Å². The largest absolute Gasteiger partial charge is 0.478 e. The number of hydrogen-bond acceptors (Lipinski definition) is 2. The van der Waals surface area contributed by atoms with Gasteiger partial charge in [-0.15, -0.1) is 0 Å². The minimum absolute atomic E-state index is 0.144. The third kappa shape index (κ3) is 1.27. The zero-order valence-electron chi connectivity index (χ0n) is 6.74. The molecule has 2 heterocycles. The van der Waals surface area contributed by atoms with E-state index in [0.29, 0.717) is 4.60 Å². The molecule has 0 saturated heterocycles. The number of carbonyl (C=O) groups is 1. The Kier molecular flexibility index (Phi) is 1.99. The molecule has 2 aromatic rings. The highest BCUT2D eigenvalue weighted by Crippen LogP contribution is 2.17. The number of hydrogen-bond donors (Lipinski definition) is 1. The maximum atomic E-state index is 13.4. The van der Waals surface area contributed by atoms with Crippen molar-refractivity contribution in [1.82, 2.24) is 9.38 Å². The van der Waals surface area contributed by atoms with Crippen LogP contribution in [0.1, 0.15) is 10.4 Å². The molecule has 14 heavy (non-hydrogen) atoms. The molecule has 6 heteroatoms. The van der Waals surface area contributed by atoms with Crippen molar-refractivity contribution in [3.05, 3.63) is 34.6 Å². The second-order valence-electron chi connectivity index (χ2n) is 2.66. The molecule has 0 aliphatic carbocycles. The van der Waals surface area contributed by atoms with Crippen molar-refractivity contribution < 1.29 is 14.3 Å². The van der Waals surface area contributed by atoms with Crippen molar-refractivity contribution in [1.29, 1.82) is 0 Å². The third-order valence-corrected chi connectivity index (χ3v) is 2.20. The molecule has 72 valence electrons. The lowest BCUT2D eigenvalue weighted by molar-refractivity contribution is 0.0692. The maximum Gasteiger partial charge on any atom is 0.340 e. The number of halogens is 2. The Labute approximate surface area is 86.1 Å². The topological polar surface area (TPSA) is 54.6 Å². The van der Waals surface area contributed by atoms with Crippen LogP contribution in [0.3, 0.4) is 0 Å². The van der Waals surface area contributed by atoms with E-state index in [2.05, 4.69) is 20.9 Å². The van der Waals surface area contributed by atoms with Crippen LogP contribution in [0.15, 0.2) is 23.2 Å². The molecule has 0 bridgehead atoms. The predicted octanol–water partition coefficient (Wildman–Crippen LogP) is 1.93. The molecule has 0 fully saturated rings. The Hall–Kier alpha value is -1.43. The molecule has 0 unspecified atom stereocenters. The van der Waals surface area contributed by atoms with E-state index < -0.39 is 11.8 Å². The van der Waals surface area contributed by atoms with E-state index >= 15 is 0 Å². The minimum atomic E-state index is -1.29. The Balaban J connectivity index is 2.79. The van der Waals surface area contributed by atoms with Gasteiger partial charge in [0.1, 0.15) is 15.7 Å². The second-order valence-corrected chi connectivity index (χ2v) is 3.48. The van der Waals surface area contributed by atoms with Gasteiger partial charge in [-0.05, 0) is 15.9 Å². The van der Waals surface area contributed by atoms with Gasteiger partial charge < -0.3 is 9.51 Å². The van der Waals surface area contributed by atoms with Gasteiger partial charge in [0.15, 0.2) is 5.82 Å². The SMILES string of the molecule is O=C(O)c1cn2cc(Br)ncc2c1F. The molecule has 0 aliphatic heterocycles. The predicted molar refractivity (Wildman–Crippen MR) is 49.8 cm³/mol. The molecule has 2 aromatic heterocycles. The molecular formula is C8H4BrFN2O2. The minimum Gasteiger partial charge on any atom is -0.478 e. The van der Waals surface area contributed by atoms with Crippen molar-refractivity contribution in [2.24, 2.45) is 0 Å². The second kappa shape index (κ2) is 3.06. The highest BCUT2D eigenvalue weighted by atomic mass is 79.9. The Morgan fingerprint density at radius 1 is 1.57 bits per heavy atom. The van der Waals surface area contributed by atoms with Crippen LogP contribution in [-0.4, -0.2) is 20.5 Å². The maximum absolute atomic E-state index is 13.4. The molecule has 0 aromatic carbocycles. The molecule has 0 aliphatic rings. The summed E-state index contributed by atoms with van der Waals surface area (Å²) in [5.41, 5.74) is -0.212. The molecule has 0 saturated carbocycles. The average Bonchev–Trinajstić information content (AvgIpc) is 2.43. The van der Waals surface area contributed by atoms with Crippen LogP contribution in [0, 0.1) is 5.82 Å². The van der Waals surface area contributed by atoms with Crippen molar-refractivity contribution in [2.75, 3.05) is 0 Å². The first kappa shape index (κ1) is 9.14. The zero-order valence-corrected chi connectivity index (χ0v) is 8.32. The standard InChI is InChI=1S/C8H4BrFN2O2/c9-6-3-12-2-4(8(13)14)7(10)5(12)1-11-6/h1-3H,(H,13,14). The van der Waals surface area contributed by atoms with Gasteiger partial charge in [0.05, 0.1) is 6.20 Å². The van der Waals surface area contributed by atoms with Crippen LogP contribution in [0.5, 0.6) is 0 Å². The number of fused-ring (bicyclic) bond motifs is 1. The Bertz CT molecular complexity index is 523. The number of carboxylic acids is 1. The van der Waals surface area contributed by atoms with Gasteiger partial charge in [0.2, 0.25) is 0 Å². The van der Waals surface area contributed by atoms with E-state index in [1.54, 1.807) is 0 Å². The first-order valence-corrected chi connectivity index (χ1v) is 4.44. The third-order valence-electron chi connectivity index (χ3n) is 1.79. The zero-order chi connectivity index (χ0) is 10.3. The highest BCUT2D eigenvalue weighted by molar-refractivity contribution is 9.10. The fraction of sp³-hybridized carbons (Fsp3) is 0. The van der Waals surface area contributed by atoms with Crippen molar-refractivity contribution in [3.8, 4) is 0 Å². The van der Waals surface area contributed by atoms with Crippen LogP contribution in [-0.2, 0) is 0 Å².